The molecule has 1 atom stereocenters. The molecule has 0 aliphatic carbocycles. The molecule has 134 valence electrons. The minimum Gasteiger partial charge on any atom is -0.364 e. The molecule has 7 heteroatoms. The number of primary amides is 1. The molecule has 2 aromatic rings. The molecule has 3 rings (SSSR count). The Kier molecular flexibility index (Phi) is 5.13. The van der Waals surface area contributed by atoms with Crippen molar-refractivity contribution in [1.82, 2.24) is 24.9 Å². The molecular formula is C18H26N6O. The van der Waals surface area contributed by atoms with Gasteiger partial charge in [-0.15, -0.1) is 5.10 Å². The van der Waals surface area contributed by atoms with Gasteiger partial charge in [-0.05, 0) is 43.4 Å². The number of rotatable bonds is 6. The predicted molar refractivity (Wildman–Crippen MR) is 95.4 cm³/mol. The molecule has 0 aromatic carbocycles. The second-order valence-corrected chi connectivity index (χ2v) is 7.21. The average molecular weight is 342 g/mol. The standard InChI is InChI=1S/C18H26N6O/c1-3-18(2)7-4-9-23(13-18)10-6-14-12-24(22-21-14)15-5-8-20-16(11-15)17(19)25/h5,8,11-12H,3-4,6-7,9-10,13H2,1-2H3,(H2,19,25). The molecule has 0 radical (unpaired) electrons. The molecule has 1 amide bonds. The van der Waals surface area contributed by atoms with Crippen LogP contribution in [0.25, 0.3) is 5.69 Å². The number of nitrogens with two attached hydrogens (primary N) is 1. The van der Waals surface area contributed by atoms with Gasteiger partial charge in [0.1, 0.15) is 5.69 Å². The number of carbonyl (C=O) groups excluding carboxylic acids is 1. The van der Waals surface area contributed by atoms with Crippen molar-refractivity contribution in [2.24, 2.45) is 11.1 Å². The number of aromatic nitrogens is 4. The molecule has 25 heavy (non-hydrogen) atoms. The summed E-state index contributed by atoms with van der Waals surface area (Å²) >= 11 is 0. The first-order chi connectivity index (χ1) is 12.0. The highest BCUT2D eigenvalue weighted by Gasteiger charge is 2.28. The fourth-order valence-corrected chi connectivity index (χ4v) is 3.42. The largest absolute Gasteiger partial charge is 0.364 e. The van der Waals surface area contributed by atoms with E-state index in [-0.39, 0.29) is 5.69 Å². The second kappa shape index (κ2) is 7.31. The number of hydrogen-bond acceptors (Lipinski definition) is 5. The van der Waals surface area contributed by atoms with Gasteiger partial charge in [-0.3, -0.25) is 9.78 Å². The first-order valence-electron chi connectivity index (χ1n) is 8.89. The van der Waals surface area contributed by atoms with Gasteiger partial charge in [0.05, 0.1) is 17.6 Å². The van der Waals surface area contributed by atoms with Crippen LogP contribution in [0.1, 0.15) is 49.3 Å². The minimum atomic E-state index is -0.550. The molecule has 1 fully saturated rings. The van der Waals surface area contributed by atoms with Gasteiger partial charge in [-0.2, -0.15) is 0 Å². The summed E-state index contributed by atoms with van der Waals surface area (Å²) in [6.45, 7) is 7.98. The summed E-state index contributed by atoms with van der Waals surface area (Å²) < 4.78 is 1.66. The Bertz CT molecular complexity index is 743. The van der Waals surface area contributed by atoms with Crippen LogP contribution >= 0.6 is 0 Å². The van der Waals surface area contributed by atoms with Gasteiger partial charge in [0, 0.05) is 25.7 Å². The highest BCUT2D eigenvalue weighted by Crippen LogP contribution is 2.32. The van der Waals surface area contributed by atoms with Gasteiger partial charge in [0.25, 0.3) is 5.91 Å². The number of amides is 1. The van der Waals surface area contributed by atoms with Gasteiger partial charge in [-0.25, -0.2) is 4.68 Å². The molecule has 1 unspecified atom stereocenters. The maximum absolute atomic E-state index is 11.3. The summed E-state index contributed by atoms with van der Waals surface area (Å²) in [5, 5.41) is 8.42. The van der Waals surface area contributed by atoms with Crippen molar-refractivity contribution in [2.75, 3.05) is 19.6 Å². The summed E-state index contributed by atoms with van der Waals surface area (Å²) in [5.74, 6) is -0.550. The second-order valence-electron chi connectivity index (χ2n) is 7.21. The molecular weight excluding hydrogens is 316 g/mol. The van der Waals surface area contributed by atoms with Crippen molar-refractivity contribution < 1.29 is 4.79 Å². The highest BCUT2D eigenvalue weighted by atomic mass is 16.1. The first-order valence-corrected chi connectivity index (χ1v) is 8.89. The van der Waals surface area contributed by atoms with Crippen LogP contribution in [0.15, 0.2) is 24.5 Å². The van der Waals surface area contributed by atoms with E-state index in [1.54, 1.807) is 23.0 Å². The van der Waals surface area contributed by atoms with Crippen molar-refractivity contribution in [2.45, 2.75) is 39.5 Å². The van der Waals surface area contributed by atoms with Crippen LogP contribution in [-0.2, 0) is 6.42 Å². The maximum atomic E-state index is 11.3. The normalized spacial score (nSPS) is 21.4. The Labute approximate surface area is 148 Å². The molecule has 2 aromatic heterocycles. The van der Waals surface area contributed by atoms with E-state index in [9.17, 15) is 4.79 Å². The number of nitrogens with zero attached hydrogens (tertiary/aromatic N) is 5. The van der Waals surface area contributed by atoms with E-state index >= 15 is 0 Å². The summed E-state index contributed by atoms with van der Waals surface area (Å²) in [4.78, 5) is 17.7. The van der Waals surface area contributed by atoms with Crippen LogP contribution in [0.4, 0.5) is 0 Å². The molecule has 0 spiro atoms. The number of pyridine rings is 1. The quantitative estimate of drug-likeness (QED) is 0.865. The molecule has 3 heterocycles. The summed E-state index contributed by atoms with van der Waals surface area (Å²) in [5.41, 5.74) is 7.62. The van der Waals surface area contributed by atoms with Gasteiger partial charge < -0.3 is 10.6 Å². The summed E-state index contributed by atoms with van der Waals surface area (Å²) in [6.07, 6.45) is 8.14. The number of hydrogen-bond donors (Lipinski definition) is 1. The number of piperidine rings is 1. The number of likely N-dealkylation sites (tertiary alicyclic amines) is 1. The van der Waals surface area contributed by atoms with E-state index in [2.05, 4.69) is 34.0 Å². The maximum Gasteiger partial charge on any atom is 0.267 e. The lowest BCUT2D eigenvalue weighted by molar-refractivity contribution is 0.0995. The lowest BCUT2D eigenvalue weighted by Gasteiger charge is -2.40. The van der Waals surface area contributed by atoms with E-state index in [4.69, 9.17) is 5.73 Å². The van der Waals surface area contributed by atoms with Crippen LogP contribution in [-0.4, -0.2) is 50.4 Å². The number of carbonyl (C=O) groups is 1. The third kappa shape index (κ3) is 4.22. The molecule has 0 bridgehead atoms. The topological polar surface area (TPSA) is 89.9 Å². The van der Waals surface area contributed by atoms with Crippen molar-refractivity contribution in [3.05, 3.63) is 35.9 Å². The average Bonchev–Trinajstić information content (AvgIpc) is 3.09. The Morgan fingerprint density at radius 3 is 3.04 bits per heavy atom. The monoisotopic (exact) mass is 342 g/mol. The van der Waals surface area contributed by atoms with E-state index in [0.29, 0.717) is 5.41 Å². The van der Waals surface area contributed by atoms with Crippen molar-refractivity contribution in [3.63, 3.8) is 0 Å². The summed E-state index contributed by atoms with van der Waals surface area (Å²) in [6, 6.07) is 3.40. The third-order valence-electron chi connectivity index (χ3n) is 5.20. The van der Waals surface area contributed by atoms with Crippen molar-refractivity contribution in [3.8, 4) is 5.69 Å². The third-order valence-corrected chi connectivity index (χ3v) is 5.20. The van der Waals surface area contributed by atoms with Crippen molar-refractivity contribution in [1.29, 1.82) is 0 Å². The molecule has 1 aliphatic heterocycles. The van der Waals surface area contributed by atoms with Gasteiger partial charge >= 0.3 is 0 Å². The molecule has 2 N–H and O–H groups in total. The zero-order chi connectivity index (χ0) is 17.9. The predicted octanol–water partition coefficient (Wildman–Crippen LogP) is 1.82. The Morgan fingerprint density at radius 2 is 2.28 bits per heavy atom. The smallest absolute Gasteiger partial charge is 0.267 e. The highest BCUT2D eigenvalue weighted by molar-refractivity contribution is 5.91. The van der Waals surface area contributed by atoms with Crippen LogP contribution in [0.5, 0.6) is 0 Å². The van der Waals surface area contributed by atoms with Crippen LogP contribution in [0.2, 0.25) is 0 Å². The lowest BCUT2D eigenvalue weighted by Crippen LogP contribution is -2.42. The Balaban J connectivity index is 1.62. The molecule has 0 saturated carbocycles. The fraction of sp³-hybridized carbons (Fsp3) is 0.556. The van der Waals surface area contributed by atoms with E-state index < -0.39 is 5.91 Å². The fourth-order valence-electron chi connectivity index (χ4n) is 3.42. The lowest BCUT2D eigenvalue weighted by atomic mass is 9.79. The SMILES string of the molecule is CCC1(C)CCCN(CCc2cn(-c3ccnc(C(N)=O)c3)nn2)C1. The zero-order valence-corrected chi connectivity index (χ0v) is 15.0. The van der Waals surface area contributed by atoms with Gasteiger partial charge in [0.15, 0.2) is 0 Å². The van der Waals surface area contributed by atoms with E-state index in [0.717, 1.165) is 37.4 Å². The molecule has 1 saturated heterocycles. The first kappa shape index (κ1) is 17.5. The zero-order valence-electron chi connectivity index (χ0n) is 15.0. The minimum absolute atomic E-state index is 0.224. The van der Waals surface area contributed by atoms with Crippen LogP contribution in [0, 0.1) is 5.41 Å². The van der Waals surface area contributed by atoms with E-state index in [1.165, 1.54) is 19.3 Å². The molecule has 7 nitrogen and oxygen atoms in total. The Morgan fingerprint density at radius 1 is 1.44 bits per heavy atom. The molecule has 1 aliphatic rings. The Hall–Kier alpha value is -2.28. The van der Waals surface area contributed by atoms with E-state index in [1.807, 2.05) is 6.20 Å². The van der Waals surface area contributed by atoms with Gasteiger partial charge in [0.2, 0.25) is 0 Å². The van der Waals surface area contributed by atoms with Crippen molar-refractivity contribution >= 4 is 5.91 Å². The van der Waals surface area contributed by atoms with Crippen LogP contribution in [0.3, 0.4) is 0 Å². The van der Waals surface area contributed by atoms with Crippen LogP contribution < -0.4 is 5.73 Å². The summed E-state index contributed by atoms with van der Waals surface area (Å²) in [7, 11) is 0. The van der Waals surface area contributed by atoms with Gasteiger partial charge in [-0.1, -0.05) is 19.1 Å².